The van der Waals surface area contributed by atoms with E-state index >= 15 is 0 Å². The molecule has 2 N–H and O–H groups in total. The summed E-state index contributed by atoms with van der Waals surface area (Å²) in [7, 11) is 0. The first kappa shape index (κ1) is 9.87. The molecule has 0 saturated carbocycles. The highest BCUT2D eigenvalue weighted by Gasteiger charge is 1.96. The standard InChI is InChI=1S/C11H11N.ClH/c1-8-6-9-4-2-3-5-10(9)11(12)7-8;/h2-7H,12H2,1H3;1H. The quantitative estimate of drug-likeness (QED) is 0.640. The number of nitrogens with two attached hydrogens (primary N) is 1. The summed E-state index contributed by atoms with van der Waals surface area (Å²) in [5.41, 5.74) is 7.94. The maximum Gasteiger partial charge on any atom is 0.0396 e. The lowest BCUT2D eigenvalue weighted by Gasteiger charge is -2.02. The van der Waals surface area contributed by atoms with Crippen molar-refractivity contribution in [2.75, 3.05) is 5.73 Å². The van der Waals surface area contributed by atoms with Gasteiger partial charge in [0.2, 0.25) is 0 Å². The monoisotopic (exact) mass is 193 g/mol. The number of hydrogen-bond acceptors (Lipinski definition) is 1. The van der Waals surface area contributed by atoms with Crippen LogP contribution in [0.2, 0.25) is 0 Å². The third kappa shape index (κ3) is 1.76. The lowest BCUT2D eigenvalue weighted by Crippen LogP contribution is -1.87. The number of benzene rings is 2. The van der Waals surface area contributed by atoms with E-state index in [1.54, 1.807) is 0 Å². The smallest absolute Gasteiger partial charge is 0.0396 e. The van der Waals surface area contributed by atoms with Gasteiger partial charge in [-0.25, -0.2) is 0 Å². The summed E-state index contributed by atoms with van der Waals surface area (Å²) >= 11 is 0. The largest absolute Gasteiger partial charge is 0.398 e. The lowest BCUT2D eigenvalue weighted by atomic mass is 10.1. The van der Waals surface area contributed by atoms with Gasteiger partial charge in [0.05, 0.1) is 0 Å². The summed E-state index contributed by atoms with van der Waals surface area (Å²) in [4.78, 5) is 0. The van der Waals surface area contributed by atoms with Crippen LogP contribution in [0.15, 0.2) is 36.4 Å². The maximum atomic E-state index is 5.86. The van der Waals surface area contributed by atoms with Crippen molar-refractivity contribution in [2.45, 2.75) is 6.92 Å². The Hall–Kier alpha value is -1.21. The Labute approximate surface area is 84.0 Å². The third-order valence-electron chi connectivity index (χ3n) is 2.04. The molecule has 0 heterocycles. The highest BCUT2D eigenvalue weighted by Crippen LogP contribution is 2.22. The van der Waals surface area contributed by atoms with Crippen molar-refractivity contribution in [2.24, 2.45) is 0 Å². The molecule has 1 nitrogen and oxygen atoms in total. The minimum absolute atomic E-state index is 0. The Morgan fingerprint density at radius 3 is 2.54 bits per heavy atom. The van der Waals surface area contributed by atoms with E-state index in [-0.39, 0.29) is 12.4 Å². The molecule has 2 aromatic rings. The van der Waals surface area contributed by atoms with E-state index < -0.39 is 0 Å². The second-order valence-corrected chi connectivity index (χ2v) is 3.08. The predicted molar refractivity (Wildman–Crippen MR) is 60.3 cm³/mol. The number of halogens is 1. The van der Waals surface area contributed by atoms with E-state index in [1.165, 1.54) is 10.9 Å². The summed E-state index contributed by atoms with van der Waals surface area (Å²) in [5.74, 6) is 0. The van der Waals surface area contributed by atoms with Gasteiger partial charge < -0.3 is 5.73 Å². The zero-order valence-electron chi connectivity index (χ0n) is 7.45. The number of hydrogen-bond donors (Lipinski definition) is 1. The molecule has 0 aliphatic carbocycles. The van der Waals surface area contributed by atoms with Crippen LogP contribution in [0.5, 0.6) is 0 Å². The van der Waals surface area contributed by atoms with Crippen molar-refractivity contribution >= 4 is 28.9 Å². The van der Waals surface area contributed by atoms with Gasteiger partial charge in [-0.05, 0) is 23.9 Å². The third-order valence-corrected chi connectivity index (χ3v) is 2.04. The summed E-state index contributed by atoms with van der Waals surface area (Å²) in [5, 5.41) is 2.36. The van der Waals surface area contributed by atoms with E-state index in [1.807, 2.05) is 24.3 Å². The molecule has 0 aliphatic rings. The first-order chi connectivity index (χ1) is 5.77. The average Bonchev–Trinajstić information content (AvgIpc) is 2.04. The van der Waals surface area contributed by atoms with E-state index in [9.17, 15) is 0 Å². The Balaban J connectivity index is 0.000000845. The molecule has 2 rings (SSSR count). The van der Waals surface area contributed by atoms with Crippen molar-refractivity contribution in [1.82, 2.24) is 0 Å². The van der Waals surface area contributed by atoms with Crippen molar-refractivity contribution in [1.29, 1.82) is 0 Å². The molecule has 2 aromatic carbocycles. The molecule has 0 saturated heterocycles. The number of aryl methyl sites for hydroxylation is 1. The van der Waals surface area contributed by atoms with Gasteiger partial charge in [-0.2, -0.15) is 0 Å². The molecule has 68 valence electrons. The van der Waals surface area contributed by atoms with Gasteiger partial charge in [-0.1, -0.05) is 30.3 Å². The SMILES string of the molecule is Cc1cc(N)c2ccccc2c1.Cl. The molecule has 0 amide bonds. The summed E-state index contributed by atoms with van der Waals surface area (Å²) in [6, 6.07) is 12.3. The van der Waals surface area contributed by atoms with Gasteiger partial charge in [0.1, 0.15) is 0 Å². The van der Waals surface area contributed by atoms with Crippen LogP contribution in [-0.4, -0.2) is 0 Å². The number of rotatable bonds is 0. The molecule has 2 heteroatoms. The fourth-order valence-electron chi connectivity index (χ4n) is 1.50. The Kier molecular flexibility index (Phi) is 2.79. The fourth-order valence-corrected chi connectivity index (χ4v) is 1.50. The van der Waals surface area contributed by atoms with E-state index in [4.69, 9.17) is 5.73 Å². The Morgan fingerprint density at radius 2 is 1.77 bits per heavy atom. The van der Waals surface area contributed by atoms with Gasteiger partial charge in [0, 0.05) is 11.1 Å². The molecular weight excluding hydrogens is 182 g/mol. The molecule has 0 fully saturated rings. The van der Waals surface area contributed by atoms with Crippen molar-refractivity contribution in [3.8, 4) is 0 Å². The van der Waals surface area contributed by atoms with Crippen LogP contribution in [0.3, 0.4) is 0 Å². The molecule has 0 spiro atoms. The minimum Gasteiger partial charge on any atom is -0.398 e. The highest BCUT2D eigenvalue weighted by molar-refractivity contribution is 5.93. The molecule has 0 unspecified atom stereocenters. The summed E-state index contributed by atoms with van der Waals surface area (Å²) < 4.78 is 0. The first-order valence-electron chi connectivity index (χ1n) is 4.02. The zero-order chi connectivity index (χ0) is 8.55. The predicted octanol–water partition coefficient (Wildman–Crippen LogP) is 3.15. The van der Waals surface area contributed by atoms with Crippen LogP contribution in [0, 0.1) is 6.92 Å². The van der Waals surface area contributed by atoms with Crippen LogP contribution < -0.4 is 5.73 Å². The van der Waals surface area contributed by atoms with Gasteiger partial charge in [-0.15, -0.1) is 12.4 Å². The van der Waals surface area contributed by atoms with Gasteiger partial charge in [-0.3, -0.25) is 0 Å². The first-order valence-corrected chi connectivity index (χ1v) is 4.02. The molecule has 0 aromatic heterocycles. The Bertz CT molecular complexity index is 423. The molecule has 0 atom stereocenters. The minimum atomic E-state index is 0. The van der Waals surface area contributed by atoms with Gasteiger partial charge in [0.25, 0.3) is 0 Å². The van der Waals surface area contributed by atoms with Crippen molar-refractivity contribution in [3.05, 3.63) is 42.0 Å². The molecule has 0 radical (unpaired) electrons. The van der Waals surface area contributed by atoms with E-state index in [0.29, 0.717) is 0 Å². The van der Waals surface area contributed by atoms with Crippen molar-refractivity contribution < 1.29 is 0 Å². The topological polar surface area (TPSA) is 26.0 Å². The molecular formula is C11H12ClN. The van der Waals surface area contributed by atoms with Gasteiger partial charge >= 0.3 is 0 Å². The lowest BCUT2D eigenvalue weighted by molar-refractivity contribution is 1.50. The molecule has 13 heavy (non-hydrogen) atoms. The molecule has 0 bridgehead atoms. The highest BCUT2D eigenvalue weighted by atomic mass is 35.5. The van der Waals surface area contributed by atoms with Crippen LogP contribution in [0.25, 0.3) is 10.8 Å². The number of anilines is 1. The van der Waals surface area contributed by atoms with E-state index in [0.717, 1.165) is 11.1 Å². The van der Waals surface area contributed by atoms with Crippen molar-refractivity contribution in [3.63, 3.8) is 0 Å². The van der Waals surface area contributed by atoms with Crippen LogP contribution >= 0.6 is 12.4 Å². The average molecular weight is 194 g/mol. The van der Waals surface area contributed by atoms with E-state index in [2.05, 4.69) is 19.1 Å². The maximum absolute atomic E-state index is 5.86. The Morgan fingerprint density at radius 1 is 1.08 bits per heavy atom. The van der Waals surface area contributed by atoms with Gasteiger partial charge in [0.15, 0.2) is 0 Å². The summed E-state index contributed by atoms with van der Waals surface area (Å²) in [6.45, 7) is 2.06. The number of fused-ring (bicyclic) bond motifs is 1. The molecule has 0 aliphatic heterocycles. The number of nitrogen functional groups attached to an aromatic ring is 1. The summed E-state index contributed by atoms with van der Waals surface area (Å²) in [6.07, 6.45) is 0. The second-order valence-electron chi connectivity index (χ2n) is 3.08. The normalized spacial score (nSPS) is 9.62. The van der Waals surface area contributed by atoms with Crippen LogP contribution in [0.4, 0.5) is 5.69 Å². The zero-order valence-corrected chi connectivity index (χ0v) is 8.27. The second kappa shape index (κ2) is 3.67. The van der Waals surface area contributed by atoms with Crippen LogP contribution in [0.1, 0.15) is 5.56 Å². The van der Waals surface area contributed by atoms with Crippen LogP contribution in [-0.2, 0) is 0 Å². The fraction of sp³-hybridized carbons (Fsp3) is 0.0909.